The molecule has 4 heteroatoms. The van der Waals surface area contributed by atoms with Crippen LogP contribution in [0.25, 0.3) is 0 Å². The molecule has 124 valence electrons. The summed E-state index contributed by atoms with van der Waals surface area (Å²) in [4.78, 5) is 7.65. The van der Waals surface area contributed by atoms with Gasteiger partial charge in [0.1, 0.15) is 0 Å². The van der Waals surface area contributed by atoms with Crippen LogP contribution in [0.3, 0.4) is 0 Å². The van der Waals surface area contributed by atoms with Gasteiger partial charge in [-0.1, -0.05) is 20.3 Å². The maximum atomic E-state index is 10.6. The van der Waals surface area contributed by atoms with E-state index in [4.69, 9.17) is 0 Å². The molecule has 2 heterocycles. The van der Waals surface area contributed by atoms with E-state index in [1.54, 1.807) is 0 Å². The third kappa shape index (κ3) is 4.92. The number of piperazine rings is 1. The molecule has 1 N–H and O–H groups in total. The van der Waals surface area contributed by atoms with Crippen molar-refractivity contribution in [2.45, 2.75) is 57.6 Å². The molecule has 0 aliphatic carbocycles. The Balaban J connectivity index is 1.91. The third-order valence-corrected chi connectivity index (χ3v) is 5.62. The van der Waals surface area contributed by atoms with Gasteiger partial charge in [-0.15, -0.1) is 0 Å². The maximum Gasteiger partial charge on any atom is 0.0768 e. The van der Waals surface area contributed by atoms with Gasteiger partial charge in [-0.05, 0) is 39.3 Å². The van der Waals surface area contributed by atoms with E-state index in [1.807, 2.05) is 0 Å². The zero-order chi connectivity index (χ0) is 15.3. The molecule has 1 atom stereocenters. The molecular formula is C17H35N3O. The first-order chi connectivity index (χ1) is 10.1. The molecule has 2 saturated heterocycles. The van der Waals surface area contributed by atoms with Gasteiger partial charge in [-0.2, -0.15) is 0 Å². The van der Waals surface area contributed by atoms with Crippen LogP contribution in [0.2, 0.25) is 0 Å². The van der Waals surface area contributed by atoms with Crippen molar-refractivity contribution in [1.29, 1.82) is 0 Å². The largest absolute Gasteiger partial charge is 0.389 e. The molecule has 4 nitrogen and oxygen atoms in total. The Bertz CT molecular complexity index is 298. The second-order valence-electron chi connectivity index (χ2n) is 7.16. The van der Waals surface area contributed by atoms with Crippen molar-refractivity contribution in [3.63, 3.8) is 0 Å². The zero-order valence-corrected chi connectivity index (χ0v) is 14.4. The van der Waals surface area contributed by atoms with Crippen LogP contribution in [-0.4, -0.2) is 84.3 Å². The molecule has 0 aromatic carbocycles. The van der Waals surface area contributed by atoms with Gasteiger partial charge in [0.25, 0.3) is 0 Å². The van der Waals surface area contributed by atoms with Crippen LogP contribution in [0.4, 0.5) is 0 Å². The molecular weight excluding hydrogens is 262 g/mol. The van der Waals surface area contributed by atoms with Crippen molar-refractivity contribution in [1.82, 2.24) is 14.7 Å². The lowest BCUT2D eigenvalue weighted by atomic mass is 9.96. The van der Waals surface area contributed by atoms with Crippen LogP contribution in [-0.2, 0) is 0 Å². The summed E-state index contributed by atoms with van der Waals surface area (Å²) in [6.45, 7) is 12.2. The number of β-amino-alcohol motifs (C(OH)–C–C–N with tert-alkyl or cyclic N) is 1. The van der Waals surface area contributed by atoms with Gasteiger partial charge in [-0.3, -0.25) is 9.80 Å². The number of likely N-dealkylation sites (N-methyl/N-ethyl adjacent to an activating group) is 1. The molecule has 0 aromatic heterocycles. The van der Waals surface area contributed by atoms with E-state index in [-0.39, 0.29) is 0 Å². The van der Waals surface area contributed by atoms with E-state index in [2.05, 4.69) is 35.6 Å². The Morgan fingerprint density at radius 2 is 1.67 bits per heavy atom. The van der Waals surface area contributed by atoms with Crippen LogP contribution >= 0.6 is 0 Å². The number of rotatable bonds is 5. The first kappa shape index (κ1) is 17.2. The summed E-state index contributed by atoms with van der Waals surface area (Å²) in [6, 6.07) is 0.694. The van der Waals surface area contributed by atoms with Crippen molar-refractivity contribution in [3.05, 3.63) is 0 Å². The quantitative estimate of drug-likeness (QED) is 0.835. The zero-order valence-electron chi connectivity index (χ0n) is 14.4. The highest BCUT2D eigenvalue weighted by Crippen LogP contribution is 2.22. The van der Waals surface area contributed by atoms with Gasteiger partial charge in [0, 0.05) is 45.3 Å². The Morgan fingerprint density at radius 3 is 2.29 bits per heavy atom. The van der Waals surface area contributed by atoms with Crippen LogP contribution in [0.1, 0.15) is 46.0 Å². The number of hydrogen-bond donors (Lipinski definition) is 1. The molecule has 0 saturated carbocycles. The molecule has 0 aromatic rings. The van der Waals surface area contributed by atoms with Gasteiger partial charge in [0.2, 0.25) is 0 Å². The maximum absolute atomic E-state index is 10.6. The van der Waals surface area contributed by atoms with Crippen LogP contribution in [0, 0.1) is 0 Å². The summed E-state index contributed by atoms with van der Waals surface area (Å²) in [6.07, 6.45) is 5.67. The highest BCUT2D eigenvalue weighted by Gasteiger charge is 2.30. The third-order valence-electron chi connectivity index (χ3n) is 5.62. The fraction of sp³-hybridized carbons (Fsp3) is 1.00. The van der Waals surface area contributed by atoms with Crippen LogP contribution in [0.15, 0.2) is 0 Å². The van der Waals surface area contributed by atoms with Gasteiger partial charge < -0.3 is 10.0 Å². The van der Waals surface area contributed by atoms with Crippen molar-refractivity contribution < 1.29 is 5.11 Å². The van der Waals surface area contributed by atoms with Gasteiger partial charge in [-0.25, -0.2) is 0 Å². The molecule has 0 bridgehead atoms. The fourth-order valence-electron chi connectivity index (χ4n) is 3.71. The predicted molar refractivity (Wildman–Crippen MR) is 88.7 cm³/mol. The Kier molecular flexibility index (Phi) is 6.48. The molecule has 0 amide bonds. The van der Waals surface area contributed by atoms with E-state index in [9.17, 15) is 5.11 Å². The topological polar surface area (TPSA) is 30.0 Å². The number of likely N-dealkylation sites (tertiary alicyclic amines) is 1. The second kappa shape index (κ2) is 7.91. The van der Waals surface area contributed by atoms with E-state index in [0.29, 0.717) is 6.04 Å². The SMILES string of the molecule is CCC(O)(CC)CN1CCCC[C@@H](N2CCN(C)CC2)C1. The molecule has 0 unspecified atom stereocenters. The summed E-state index contributed by atoms with van der Waals surface area (Å²) in [5.41, 5.74) is -0.489. The van der Waals surface area contributed by atoms with Crippen LogP contribution in [0.5, 0.6) is 0 Å². The lowest BCUT2D eigenvalue weighted by Crippen LogP contribution is -2.53. The van der Waals surface area contributed by atoms with Gasteiger partial charge >= 0.3 is 0 Å². The molecule has 2 aliphatic heterocycles. The Hall–Kier alpha value is -0.160. The molecule has 2 rings (SSSR count). The average Bonchev–Trinajstić information content (AvgIpc) is 2.73. The highest BCUT2D eigenvalue weighted by atomic mass is 16.3. The first-order valence-corrected chi connectivity index (χ1v) is 8.93. The van der Waals surface area contributed by atoms with E-state index in [1.165, 1.54) is 45.4 Å². The highest BCUT2D eigenvalue weighted by molar-refractivity contribution is 4.86. The molecule has 21 heavy (non-hydrogen) atoms. The molecule has 0 spiro atoms. The monoisotopic (exact) mass is 297 g/mol. The normalized spacial score (nSPS) is 27.7. The van der Waals surface area contributed by atoms with Crippen LogP contribution < -0.4 is 0 Å². The summed E-state index contributed by atoms with van der Waals surface area (Å²) in [5.74, 6) is 0. The van der Waals surface area contributed by atoms with Crippen molar-refractivity contribution in [2.75, 3.05) is 52.9 Å². The predicted octanol–water partition coefficient (Wildman–Crippen LogP) is 1.64. The van der Waals surface area contributed by atoms with Crippen molar-refractivity contribution in [2.24, 2.45) is 0 Å². The number of aliphatic hydroxyl groups is 1. The average molecular weight is 297 g/mol. The summed E-state index contributed by atoms with van der Waals surface area (Å²) < 4.78 is 0. The summed E-state index contributed by atoms with van der Waals surface area (Å²) in [5, 5.41) is 10.6. The summed E-state index contributed by atoms with van der Waals surface area (Å²) >= 11 is 0. The van der Waals surface area contributed by atoms with E-state index in [0.717, 1.165) is 32.5 Å². The minimum Gasteiger partial charge on any atom is -0.389 e. The van der Waals surface area contributed by atoms with Gasteiger partial charge in [0.05, 0.1) is 5.60 Å². The molecule has 0 radical (unpaired) electrons. The van der Waals surface area contributed by atoms with E-state index >= 15 is 0 Å². The Morgan fingerprint density at radius 1 is 1.00 bits per heavy atom. The standard InChI is InChI=1S/C17H35N3O/c1-4-17(21,5-2)15-19-9-7-6-8-16(14-19)20-12-10-18(3)11-13-20/h16,21H,4-15H2,1-3H3/t16-/m1/s1. The Labute approximate surface area is 131 Å². The second-order valence-corrected chi connectivity index (χ2v) is 7.16. The first-order valence-electron chi connectivity index (χ1n) is 8.93. The summed E-state index contributed by atoms with van der Waals surface area (Å²) in [7, 11) is 2.22. The minimum absolute atomic E-state index is 0.489. The fourth-order valence-corrected chi connectivity index (χ4v) is 3.71. The molecule has 2 fully saturated rings. The smallest absolute Gasteiger partial charge is 0.0768 e. The van der Waals surface area contributed by atoms with Gasteiger partial charge in [0.15, 0.2) is 0 Å². The number of nitrogens with zero attached hydrogens (tertiary/aromatic N) is 3. The van der Waals surface area contributed by atoms with E-state index < -0.39 is 5.60 Å². The lowest BCUT2D eigenvalue weighted by molar-refractivity contribution is -0.0100. The lowest BCUT2D eigenvalue weighted by Gasteiger charge is -2.40. The van der Waals surface area contributed by atoms with Crippen molar-refractivity contribution >= 4 is 0 Å². The number of hydrogen-bond acceptors (Lipinski definition) is 4. The minimum atomic E-state index is -0.489. The molecule has 2 aliphatic rings. The van der Waals surface area contributed by atoms with Crippen molar-refractivity contribution in [3.8, 4) is 0 Å².